The van der Waals surface area contributed by atoms with Crippen LogP contribution in [0.15, 0.2) is 16.9 Å². The Labute approximate surface area is 145 Å². The van der Waals surface area contributed by atoms with Crippen molar-refractivity contribution in [2.75, 3.05) is 6.61 Å². The molecule has 0 bridgehead atoms. The first-order valence-corrected chi connectivity index (χ1v) is 9.20. The molecule has 0 N–H and O–H groups in total. The van der Waals surface area contributed by atoms with Gasteiger partial charge in [0.2, 0.25) is 0 Å². The van der Waals surface area contributed by atoms with Gasteiger partial charge in [0.1, 0.15) is 22.0 Å². The third-order valence-electron chi connectivity index (χ3n) is 4.46. The molecule has 0 aliphatic carbocycles. The zero-order chi connectivity index (χ0) is 16.4. The van der Waals surface area contributed by atoms with Crippen LogP contribution in [0.5, 0.6) is 0 Å². The quantitative estimate of drug-likeness (QED) is 0.699. The Balaban J connectivity index is 1.94. The van der Waals surface area contributed by atoms with Crippen molar-refractivity contribution in [1.82, 2.24) is 14.5 Å². The van der Waals surface area contributed by atoms with Crippen LogP contribution < -0.4 is 0 Å². The number of halogens is 1. The van der Waals surface area contributed by atoms with Crippen molar-refractivity contribution in [2.45, 2.75) is 64.9 Å². The Morgan fingerprint density at radius 3 is 2.96 bits per heavy atom. The first kappa shape index (κ1) is 16.9. The summed E-state index contributed by atoms with van der Waals surface area (Å²) in [6, 6.07) is 2.38. The molecule has 23 heavy (non-hydrogen) atoms. The SMILES string of the molecule is CC[C@@H](C)n1c([C@H](C)OC2CCCCO2)nc2cnc(Br)cc21. The van der Waals surface area contributed by atoms with Crippen LogP contribution >= 0.6 is 15.9 Å². The minimum atomic E-state index is -0.117. The summed E-state index contributed by atoms with van der Waals surface area (Å²) in [5.41, 5.74) is 2.00. The van der Waals surface area contributed by atoms with Gasteiger partial charge in [0.25, 0.3) is 0 Å². The van der Waals surface area contributed by atoms with E-state index in [1.807, 2.05) is 12.3 Å². The van der Waals surface area contributed by atoms with Gasteiger partial charge in [0.15, 0.2) is 6.29 Å². The van der Waals surface area contributed by atoms with E-state index in [9.17, 15) is 0 Å². The number of imidazole rings is 1. The zero-order valence-corrected chi connectivity index (χ0v) is 15.5. The minimum absolute atomic E-state index is 0.113. The molecular formula is C17H24BrN3O2. The summed E-state index contributed by atoms with van der Waals surface area (Å²) < 4.78 is 14.9. The lowest BCUT2D eigenvalue weighted by molar-refractivity contribution is -0.188. The molecule has 126 valence electrons. The number of rotatable bonds is 5. The molecule has 0 aromatic carbocycles. The summed E-state index contributed by atoms with van der Waals surface area (Å²) in [6.07, 6.45) is 5.86. The lowest BCUT2D eigenvalue weighted by Gasteiger charge is -2.27. The predicted molar refractivity (Wildman–Crippen MR) is 93.3 cm³/mol. The van der Waals surface area contributed by atoms with Gasteiger partial charge in [-0.2, -0.15) is 0 Å². The average molecular weight is 382 g/mol. The van der Waals surface area contributed by atoms with Crippen molar-refractivity contribution in [2.24, 2.45) is 0 Å². The Morgan fingerprint density at radius 1 is 1.43 bits per heavy atom. The molecule has 1 aliphatic rings. The summed E-state index contributed by atoms with van der Waals surface area (Å²) >= 11 is 3.46. The fourth-order valence-corrected chi connectivity index (χ4v) is 3.35. The number of fused-ring (bicyclic) bond motifs is 1. The molecular weight excluding hydrogens is 358 g/mol. The summed E-state index contributed by atoms with van der Waals surface area (Å²) in [6.45, 7) is 7.24. The maximum atomic E-state index is 6.13. The predicted octanol–water partition coefficient (Wildman–Crippen LogP) is 4.77. The topological polar surface area (TPSA) is 49.2 Å². The molecule has 0 radical (unpaired) electrons. The zero-order valence-electron chi connectivity index (χ0n) is 14.0. The second-order valence-electron chi connectivity index (χ2n) is 6.17. The van der Waals surface area contributed by atoms with Gasteiger partial charge in [0, 0.05) is 12.6 Å². The molecule has 3 atom stereocenters. The third kappa shape index (κ3) is 3.59. The average Bonchev–Trinajstić information content (AvgIpc) is 2.93. The van der Waals surface area contributed by atoms with Crippen molar-refractivity contribution in [1.29, 1.82) is 0 Å². The fourth-order valence-electron chi connectivity index (χ4n) is 3.03. The molecule has 1 aliphatic heterocycles. The lowest BCUT2D eigenvalue weighted by Crippen LogP contribution is -2.25. The van der Waals surface area contributed by atoms with Crippen LogP contribution in [0.4, 0.5) is 0 Å². The van der Waals surface area contributed by atoms with Crippen LogP contribution in [0.2, 0.25) is 0 Å². The van der Waals surface area contributed by atoms with E-state index in [2.05, 4.69) is 46.3 Å². The van der Waals surface area contributed by atoms with Crippen LogP contribution in [-0.4, -0.2) is 27.4 Å². The first-order chi connectivity index (χ1) is 11.1. The van der Waals surface area contributed by atoms with Crippen LogP contribution in [0.3, 0.4) is 0 Å². The Bertz CT molecular complexity index is 667. The van der Waals surface area contributed by atoms with E-state index >= 15 is 0 Å². The highest BCUT2D eigenvalue weighted by atomic mass is 79.9. The van der Waals surface area contributed by atoms with Crippen LogP contribution in [0.25, 0.3) is 11.0 Å². The Kier molecular flexibility index (Phi) is 5.34. The monoisotopic (exact) mass is 381 g/mol. The molecule has 1 saturated heterocycles. The molecule has 6 heteroatoms. The third-order valence-corrected chi connectivity index (χ3v) is 4.89. The van der Waals surface area contributed by atoms with Gasteiger partial charge in [0.05, 0.1) is 11.7 Å². The molecule has 0 saturated carbocycles. The molecule has 0 spiro atoms. The standard InChI is InChI=1S/C17H24BrN3O2/c1-4-11(2)21-14-9-15(18)19-10-13(14)20-17(21)12(3)23-16-7-5-6-8-22-16/h9-12,16H,4-8H2,1-3H3/t11-,12+,16?/m1/s1. The minimum Gasteiger partial charge on any atom is -0.353 e. The highest BCUT2D eigenvalue weighted by molar-refractivity contribution is 9.10. The van der Waals surface area contributed by atoms with Crippen molar-refractivity contribution >= 4 is 27.0 Å². The van der Waals surface area contributed by atoms with E-state index in [4.69, 9.17) is 14.5 Å². The summed E-state index contributed by atoms with van der Waals surface area (Å²) in [4.78, 5) is 9.08. The van der Waals surface area contributed by atoms with Gasteiger partial charge in [-0.05, 0) is 61.5 Å². The van der Waals surface area contributed by atoms with E-state index in [1.165, 1.54) is 0 Å². The number of hydrogen-bond donors (Lipinski definition) is 0. The smallest absolute Gasteiger partial charge is 0.158 e. The maximum Gasteiger partial charge on any atom is 0.158 e. The highest BCUT2D eigenvalue weighted by Gasteiger charge is 2.24. The van der Waals surface area contributed by atoms with Crippen molar-refractivity contribution < 1.29 is 9.47 Å². The number of hydrogen-bond acceptors (Lipinski definition) is 4. The van der Waals surface area contributed by atoms with Crippen LogP contribution in [0, 0.1) is 0 Å². The summed E-state index contributed by atoms with van der Waals surface area (Å²) in [7, 11) is 0. The lowest BCUT2D eigenvalue weighted by atomic mass is 10.2. The Hall–Kier alpha value is -0.980. The normalized spacial score (nSPS) is 21.5. The van der Waals surface area contributed by atoms with Crippen molar-refractivity contribution in [3.05, 3.63) is 22.7 Å². The van der Waals surface area contributed by atoms with Gasteiger partial charge in [-0.3, -0.25) is 0 Å². The van der Waals surface area contributed by atoms with E-state index in [0.717, 1.165) is 53.8 Å². The first-order valence-electron chi connectivity index (χ1n) is 8.40. The molecule has 1 unspecified atom stereocenters. The van der Waals surface area contributed by atoms with E-state index in [0.29, 0.717) is 6.04 Å². The number of pyridine rings is 1. The largest absolute Gasteiger partial charge is 0.353 e. The number of aromatic nitrogens is 3. The number of nitrogens with zero attached hydrogens (tertiary/aromatic N) is 3. The number of ether oxygens (including phenoxy) is 2. The second-order valence-corrected chi connectivity index (χ2v) is 6.98. The van der Waals surface area contributed by atoms with Crippen LogP contribution in [0.1, 0.15) is 64.4 Å². The van der Waals surface area contributed by atoms with E-state index in [-0.39, 0.29) is 12.4 Å². The molecule has 1 fully saturated rings. The van der Waals surface area contributed by atoms with Gasteiger partial charge in [-0.25, -0.2) is 9.97 Å². The highest BCUT2D eigenvalue weighted by Crippen LogP contribution is 2.30. The van der Waals surface area contributed by atoms with Crippen molar-refractivity contribution in [3.8, 4) is 0 Å². The molecule has 3 heterocycles. The van der Waals surface area contributed by atoms with Gasteiger partial charge in [-0.1, -0.05) is 6.92 Å². The van der Waals surface area contributed by atoms with Gasteiger partial charge < -0.3 is 14.0 Å². The summed E-state index contributed by atoms with van der Waals surface area (Å²) in [5.74, 6) is 0.948. The molecule has 5 nitrogen and oxygen atoms in total. The fraction of sp³-hybridized carbons (Fsp3) is 0.647. The Morgan fingerprint density at radius 2 is 2.26 bits per heavy atom. The molecule has 3 rings (SSSR count). The van der Waals surface area contributed by atoms with Crippen molar-refractivity contribution in [3.63, 3.8) is 0 Å². The summed E-state index contributed by atoms with van der Waals surface area (Å²) in [5, 5.41) is 0. The van der Waals surface area contributed by atoms with E-state index < -0.39 is 0 Å². The molecule has 2 aromatic heterocycles. The molecule has 2 aromatic rings. The van der Waals surface area contributed by atoms with Crippen LogP contribution in [-0.2, 0) is 9.47 Å². The maximum absolute atomic E-state index is 6.13. The second kappa shape index (κ2) is 7.28. The van der Waals surface area contributed by atoms with E-state index in [1.54, 1.807) is 0 Å². The van der Waals surface area contributed by atoms with Gasteiger partial charge >= 0.3 is 0 Å². The molecule has 0 amide bonds. The van der Waals surface area contributed by atoms with Gasteiger partial charge in [-0.15, -0.1) is 0 Å².